The zero-order chi connectivity index (χ0) is 14.4. The largest absolute Gasteiger partial charge is 0.477 e. The highest BCUT2D eigenvalue weighted by Gasteiger charge is 2.52. The minimum atomic E-state index is -1.14. The first-order valence-electron chi connectivity index (χ1n) is 5.42. The van der Waals surface area contributed by atoms with Gasteiger partial charge in [-0.25, -0.2) is 4.79 Å². The van der Waals surface area contributed by atoms with Gasteiger partial charge in [0, 0.05) is 10.7 Å². The number of carboxylic acid groups (broad SMARTS) is 1. The van der Waals surface area contributed by atoms with Gasteiger partial charge in [-0.05, 0) is 0 Å². The molecule has 8 nitrogen and oxygen atoms in total. The number of nitrogen functional groups attached to an aromatic ring is 1. The monoisotopic (exact) mass is 331 g/mol. The smallest absolute Gasteiger partial charge is 0.353 e. The van der Waals surface area contributed by atoms with E-state index in [1.165, 1.54) is 39.8 Å². The molecule has 3 rings (SSSR count). The van der Waals surface area contributed by atoms with Gasteiger partial charge < -0.3 is 16.6 Å². The molecule has 5 N–H and O–H groups in total. The molecule has 0 unspecified atom stereocenters. The minimum Gasteiger partial charge on any atom is -0.477 e. The van der Waals surface area contributed by atoms with Crippen LogP contribution in [-0.2, 0) is 9.59 Å². The molecule has 2 aliphatic heterocycles. The van der Waals surface area contributed by atoms with Crippen molar-refractivity contribution in [3.05, 3.63) is 10.6 Å². The number of amides is 1. The summed E-state index contributed by atoms with van der Waals surface area (Å²) in [6, 6.07) is -0.627. The molecule has 1 saturated heterocycles. The van der Waals surface area contributed by atoms with Crippen molar-refractivity contribution in [1.82, 2.24) is 15.1 Å². The van der Waals surface area contributed by atoms with E-state index in [9.17, 15) is 14.7 Å². The van der Waals surface area contributed by atoms with Crippen LogP contribution >= 0.6 is 34.9 Å². The molecule has 1 aromatic heterocycles. The molecule has 2 atom stereocenters. The number of carbonyl (C=O) groups is 2. The number of aliphatic carboxylic acids is 1. The fraction of sp³-hybridized carbons (Fsp3) is 0.333. The summed E-state index contributed by atoms with van der Waals surface area (Å²) >= 11 is 3.79. The lowest BCUT2D eigenvalue weighted by Gasteiger charge is -2.47. The van der Waals surface area contributed by atoms with Crippen LogP contribution in [0.25, 0.3) is 0 Å². The van der Waals surface area contributed by atoms with Crippen LogP contribution < -0.4 is 11.5 Å². The Hall–Kier alpha value is -1.30. The molecule has 0 saturated carbocycles. The third-order valence-corrected chi connectivity index (χ3v) is 6.18. The van der Waals surface area contributed by atoms with Crippen molar-refractivity contribution >= 4 is 51.9 Å². The van der Waals surface area contributed by atoms with E-state index < -0.39 is 12.0 Å². The molecule has 1 fully saturated rings. The van der Waals surface area contributed by atoms with E-state index in [0.717, 1.165) is 0 Å². The van der Waals surface area contributed by atoms with Gasteiger partial charge in [0.1, 0.15) is 17.1 Å². The lowest BCUT2D eigenvalue weighted by Crippen LogP contribution is -2.68. The van der Waals surface area contributed by atoms with Crippen LogP contribution in [0.3, 0.4) is 0 Å². The fourth-order valence-corrected chi connectivity index (χ4v) is 5.16. The maximum absolute atomic E-state index is 11.7. The van der Waals surface area contributed by atoms with Crippen LogP contribution in [0.2, 0.25) is 0 Å². The van der Waals surface area contributed by atoms with Gasteiger partial charge in [-0.15, -0.1) is 22.0 Å². The Kier molecular flexibility index (Phi) is 3.36. The van der Waals surface area contributed by atoms with Crippen LogP contribution in [0.1, 0.15) is 0 Å². The number of hydrogen-bond acceptors (Lipinski definition) is 9. The zero-order valence-electron chi connectivity index (χ0n) is 9.85. The minimum absolute atomic E-state index is 0.0146. The average molecular weight is 331 g/mol. The third-order valence-electron chi connectivity index (χ3n) is 2.81. The molecular weight excluding hydrogens is 322 g/mol. The topological polar surface area (TPSA) is 135 Å². The molecular formula is C9H9N5O3S3. The van der Waals surface area contributed by atoms with Crippen LogP contribution in [0.4, 0.5) is 5.13 Å². The number of anilines is 1. The molecule has 2 aliphatic rings. The van der Waals surface area contributed by atoms with Gasteiger partial charge in [-0.2, -0.15) is 0 Å². The van der Waals surface area contributed by atoms with Crippen LogP contribution in [0.15, 0.2) is 14.9 Å². The molecule has 106 valence electrons. The maximum atomic E-state index is 11.7. The number of carboxylic acids is 1. The fourth-order valence-electron chi connectivity index (χ4n) is 1.93. The van der Waals surface area contributed by atoms with Gasteiger partial charge >= 0.3 is 5.97 Å². The standard InChI is InChI=1S/C9H9N5O3S3/c10-3-5(15)14-4(7(16)17)2(1-18-6(3)14)19-9-13-12-8(11)20-9/h3,6H,1,10H2,(H2,11,12)(H,16,17)/t3-,6-/m1/s1. The van der Waals surface area contributed by atoms with Crippen molar-refractivity contribution in [2.24, 2.45) is 5.73 Å². The van der Waals surface area contributed by atoms with Gasteiger partial charge in [0.2, 0.25) is 11.0 Å². The molecule has 1 amide bonds. The van der Waals surface area contributed by atoms with Gasteiger partial charge in [0.25, 0.3) is 0 Å². The lowest BCUT2D eigenvalue weighted by atomic mass is 10.1. The number of nitrogens with zero attached hydrogens (tertiary/aromatic N) is 3. The summed E-state index contributed by atoms with van der Waals surface area (Å²) in [5, 5.41) is 16.9. The maximum Gasteiger partial charge on any atom is 0.353 e. The predicted molar refractivity (Wildman–Crippen MR) is 75.9 cm³/mol. The third kappa shape index (κ3) is 2.06. The van der Waals surface area contributed by atoms with Crippen molar-refractivity contribution in [2.75, 3.05) is 11.5 Å². The van der Waals surface area contributed by atoms with E-state index in [0.29, 0.717) is 20.1 Å². The summed E-state index contributed by atoms with van der Waals surface area (Å²) in [4.78, 5) is 25.0. The molecule has 1 aromatic rings. The Morgan fingerprint density at radius 1 is 1.50 bits per heavy atom. The number of aromatic nitrogens is 2. The second-order valence-corrected chi connectivity index (χ2v) is 7.48. The first-order valence-corrected chi connectivity index (χ1v) is 8.10. The van der Waals surface area contributed by atoms with Crippen molar-refractivity contribution in [2.45, 2.75) is 15.8 Å². The van der Waals surface area contributed by atoms with E-state index in [1.54, 1.807) is 0 Å². The summed E-state index contributed by atoms with van der Waals surface area (Å²) in [5.74, 6) is -1.04. The number of β-lactam (4-membered cyclic amide) rings is 1. The highest BCUT2D eigenvalue weighted by molar-refractivity contribution is 8.07. The molecule has 0 spiro atoms. The quantitative estimate of drug-likeness (QED) is 0.640. The Morgan fingerprint density at radius 3 is 2.85 bits per heavy atom. The second kappa shape index (κ2) is 4.91. The van der Waals surface area contributed by atoms with Gasteiger partial charge in [0.15, 0.2) is 4.34 Å². The van der Waals surface area contributed by atoms with Crippen LogP contribution in [0, 0.1) is 0 Å². The highest BCUT2D eigenvalue weighted by Crippen LogP contribution is 2.44. The van der Waals surface area contributed by atoms with Crippen LogP contribution in [0.5, 0.6) is 0 Å². The summed E-state index contributed by atoms with van der Waals surface area (Å²) in [6.45, 7) is 0. The van der Waals surface area contributed by atoms with E-state index in [4.69, 9.17) is 11.5 Å². The predicted octanol–water partition coefficient (Wildman–Crippen LogP) is -0.249. The first kappa shape index (κ1) is 13.7. The summed E-state index contributed by atoms with van der Waals surface area (Å²) < 4.78 is 0.549. The molecule has 0 aromatic carbocycles. The number of nitrogens with two attached hydrogens (primary N) is 2. The number of fused-ring (bicyclic) bond motifs is 1. The van der Waals surface area contributed by atoms with Crippen molar-refractivity contribution in [3.63, 3.8) is 0 Å². The number of thioether (sulfide) groups is 2. The van der Waals surface area contributed by atoms with E-state index in [1.807, 2.05) is 0 Å². The Morgan fingerprint density at radius 2 is 2.25 bits per heavy atom. The number of hydrogen-bond donors (Lipinski definition) is 3. The molecule has 20 heavy (non-hydrogen) atoms. The average Bonchev–Trinajstić information content (AvgIpc) is 2.82. The second-order valence-electron chi connectivity index (χ2n) is 4.02. The van der Waals surface area contributed by atoms with Crippen molar-refractivity contribution in [1.29, 1.82) is 0 Å². The van der Waals surface area contributed by atoms with Gasteiger partial charge in [-0.1, -0.05) is 23.1 Å². The van der Waals surface area contributed by atoms with E-state index in [2.05, 4.69) is 10.2 Å². The Bertz CT molecular complexity index is 630. The highest BCUT2D eigenvalue weighted by atomic mass is 32.2. The number of carbonyl (C=O) groups excluding carboxylic acids is 1. The molecule has 3 heterocycles. The Balaban J connectivity index is 1.94. The molecule has 11 heteroatoms. The number of rotatable bonds is 3. The van der Waals surface area contributed by atoms with Crippen LogP contribution in [-0.4, -0.2) is 49.2 Å². The first-order chi connectivity index (χ1) is 9.49. The summed E-state index contributed by atoms with van der Waals surface area (Å²) in [6.07, 6.45) is 0. The SMILES string of the molecule is Nc1nnc(SC2=C(C(=O)O)N3C(=O)[C@@H](N)[C@H]3SC2)s1. The zero-order valence-corrected chi connectivity index (χ0v) is 12.3. The summed E-state index contributed by atoms with van der Waals surface area (Å²) in [7, 11) is 0. The summed E-state index contributed by atoms with van der Waals surface area (Å²) in [5.41, 5.74) is 11.1. The van der Waals surface area contributed by atoms with Crippen molar-refractivity contribution in [3.8, 4) is 0 Å². The lowest BCUT2D eigenvalue weighted by molar-refractivity contribution is -0.147. The van der Waals surface area contributed by atoms with Crippen molar-refractivity contribution < 1.29 is 14.7 Å². The van der Waals surface area contributed by atoms with Gasteiger partial charge in [0.05, 0.1) is 0 Å². The normalized spacial score (nSPS) is 25.4. The molecule has 0 bridgehead atoms. The van der Waals surface area contributed by atoms with Gasteiger partial charge in [-0.3, -0.25) is 9.69 Å². The van der Waals surface area contributed by atoms with E-state index in [-0.39, 0.29) is 17.0 Å². The molecule has 0 aliphatic carbocycles. The molecule has 0 radical (unpaired) electrons. The Labute approximate surface area is 125 Å². The van der Waals surface area contributed by atoms with E-state index >= 15 is 0 Å².